The van der Waals surface area contributed by atoms with Gasteiger partial charge in [-0.15, -0.1) is 0 Å². The summed E-state index contributed by atoms with van der Waals surface area (Å²) >= 11 is 0. The molecule has 2 rings (SSSR count). The van der Waals surface area contributed by atoms with Crippen LogP contribution in [-0.4, -0.2) is 21.7 Å². The molecule has 5 heteroatoms. The van der Waals surface area contributed by atoms with Gasteiger partial charge in [-0.05, 0) is 26.7 Å². The van der Waals surface area contributed by atoms with Gasteiger partial charge in [0.15, 0.2) is 0 Å². The number of hydrogen-bond donors (Lipinski definition) is 2. The Labute approximate surface area is 101 Å². The highest BCUT2D eigenvalue weighted by Gasteiger charge is 2.43. The van der Waals surface area contributed by atoms with E-state index in [0.29, 0.717) is 0 Å². The summed E-state index contributed by atoms with van der Waals surface area (Å²) in [5.74, 6) is 0.735. The molecule has 0 aliphatic heterocycles. The van der Waals surface area contributed by atoms with Crippen molar-refractivity contribution in [1.29, 1.82) is 0 Å². The minimum atomic E-state index is -0.446. The number of anilines is 1. The molecule has 0 saturated heterocycles. The van der Waals surface area contributed by atoms with Crippen LogP contribution in [0.3, 0.4) is 0 Å². The van der Waals surface area contributed by atoms with Gasteiger partial charge in [0.2, 0.25) is 5.91 Å². The predicted molar refractivity (Wildman–Crippen MR) is 66.5 cm³/mol. The SMILES string of the molecule is Cc1cc(NC(=O)C2(C)CCCC2N)n(C)n1. The number of amides is 1. The zero-order valence-electron chi connectivity index (χ0n) is 10.7. The maximum Gasteiger partial charge on any atom is 0.233 e. The molecule has 2 unspecified atom stereocenters. The summed E-state index contributed by atoms with van der Waals surface area (Å²) in [6.07, 6.45) is 2.81. The highest BCUT2D eigenvalue weighted by atomic mass is 16.2. The number of hydrogen-bond acceptors (Lipinski definition) is 3. The average molecular weight is 236 g/mol. The van der Waals surface area contributed by atoms with Crippen LogP contribution in [0.4, 0.5) is 5.82 Å². The molecule has 0 aromatic carbocycles. The van der Waals surface area contributed by atoms with Gasteiger partial charge >= 0.3 is 0 Å². The van der Waals surface area contributed by atoms with Gasteiger partial charge in [-0.2, -0.15) is 5.10 Å². The molecule has 1 aliphatic carbocycles. The second-order valence-electron chi connectivity index (χ2n) is 5.16. The topological polar surface area (TPSA) is 72.9 Å². The number of nitrogens with one attached hydrogen (secondary N) is 1. The molecule has 0 spiro atoms. The van der Waals surface area contributed by atoms with Crippen LogP contribution in [0.5, 0.6) is 0 Å². The molecule has 1 aromatic rings. The van der Waals surface area contributed by atoms with E-state index in [1.807, 2.05) is 27.0 Å². The second kappa shape index (κ2) is 4.14. The number of carbonyl (C=O) groups excluding carboxylic acids is 1. The largest absolute Gasteiger partial charge is 0.327 e. The smallest absolute Gasteiger partial charge is 0.233 e. The Bertz CT molecular complexity index is 440. The fourth-order valence-electron chi connectivity index (χ4n) is 2.46. The lowest BCUT2D eigenvalue weighted by molar-refractivity contribution is -0.125. The fourth-order valence-corrected chi connectivity index (χ4v) is 2.46. The normalized spacial score (nSPS) is 28.4. The molecule has 1 aliphatic rings. The summed E-state index contributed by atoms with van der Waals surface area (Å²) in [6.45, 7) is 3.85. The highest BCUT2D eigenvalue weighted by molar-refractivity contribution is 5.95. The van der Waals surface area contributed by atoms with E-state index in [1.54, 1.807) is 4.68 Å². The van der Waals surface area contributed by atoms with E-state index in [4.69, 9.17) is 5.73 Å². The van der Waals surface area contributed by atoms with Gasteiger partial charge in [0.1, 0.15) is 5.82 Å². The fraction of sp³-hybridized carbons (Fsp3) is 0.667. The van der Waals surface area contributed by atoms with Crippen LogP contribution >= 0.6 is 0 Å². The maximum absolute atomic E-state index is 12.3. The zero-order valence-corrected chi connectivity index (χ0v) is 10.7. The quantitative estimate of drug-likeness (QED) is 0.810. The van der Waals surface area contributed by atoms with E-state index in [0.717, 1.165) is 30.8 Å². The van der Waals surface area contributed by atoms with E-state index in [1.165, 1.54) is 0 Å². The molecule has 94 valence electrons. The molecule has 2 atom stereocenters. The van der Waals surface area contributed by atoms with Crippen molar-refractivity contribution in [2.24, 2.45) is 18.2 Å². The Hall–Kier alpha value is -1.36. The first-order valence-corrected chi connectivity index (χ1v) is 6.01. The molecule has 1 fully saturated rings. The first-order valence-electron chi connectivity index (χ1n) is 6.01. The van der Waals surface area contributed by atoms with Crippen LogP contribution in [0.2, 0.25) is 0 Å². The molecule has 1 amide bonds. The summed E-state index contributed by atoms with van der Waals surface area (Å²) in [4.78, 5) is 12.3. The molecule has 0 radical (unpaired) electrons. The molecule has 1 saturated carbocycles. The van der Waals surface area contributed by atoms with E-state index >= 15 is 0 Å². The lowest BCUT2D eigenvalue weighted by Crippen LogP contribution is -2.44. The van der Waals surface area contributed by atoms with Crippen LogP contribution in [0.15, 0.2) is 6.07 Å². The molecule has 5 nitrogen and oxygen atoms in total. The molecule has 1 aromatic heterocycles. The van der Waals surface area contributed by atoms with Gasteiger partial charge in [0.05, 0.1) is 11.1 Å². The number of aromatic nitrogens is 2. The molecule has 0 bridgehead atoms. The first-order chi connectivity index (χ1) is 7.93. The van der Waals surface area contributed by atoms with Crippen LogP contribution < -0.4 is 11.1 Å². The average Bonchev–Trinajstić information content (AvgIpc) is 2.73. The van der Waals surface area contributed by atoms with Crippen LogP contribution in [0.25, 0.3) is 0 Å². The van der Waals surface area contributed by atoms with Crippen LogP contribution in [-0.2, 0) is 11.8 Å². The molecular weight excluding hydrogens is 216 g/mol. The monoisotopic (exact) mass is 236 g/mol. The van der Waals surface area contributed by atoms with Crippen molar-refractivity contribution >= 4 is 11.7 Å². The van der Waals surface area contributed by atoms with Gasteiger partial charge < -0.3 is 11.1 Å². The lowest BCUT2D eigenvalue weighted by Gasteiger charge is -2.27. The third kappa shape index (κ3) is 2.07. The van der Waals surface area contributed by atoms with Gasteiger partial charge in [-0.25, -0.2) is 0 Å². The minimum Gasteiger partial charge on any atom is -0.327 e. The second-order valence-corrected chi connectivity index (χ2v) is 5.16. The van der Waals surface area contributed by atoms with Gasteiger partial charge in [0, 0.05) is 19.2 Å². The van der Waals surface area contributed by atoms with Crippen molar-refractivity contribution in [2.75, 3.05) is 5.32 Å². The van der Waals surface area contributed by atoms with Crippen molar-refractivity contribution in [2.45, 2.75) is 39.2 Å². The molecule has 3 N–H and O–H groups in total. The summed E-state index contributed by atoms with van der Waals surface area (Å²) in [7, 11) is 1.82. The van der Waals surface area contributed by atoms with E-state index in [-0.39, 0.29) is 11.9 Å². The van der Waals surface area contributed by atoms with Gasteiger partial charge in [0.25, 0.3) is 0 Å². The molecule has 17 heavy (non-hydrogen) atoms. The van der Waals surface area contributed by atoms with E-state index in [2.05, 4.69) is 10.4 Å². The minimum absolute atomic E-state index is 0.00509. The summed E-state index contributed by atoms with van der Waals surface area (Å²) in [5.41, 5.74) is 6.47. The van der Waals surface area contributed by atoms with E-state index in [9.17, 15) is 4.79 Å². The van der Waals surface area contributed by atoms with Crippen LogP contribution in [0.1, 0.15) is 31.9 Å². The third-order valence-corrected chi connectivity index (χ3v) is 3.79. The Morgan fingerprint density at radius 2 is 2.41 bits per heavy atom. The Balaban J connectivity index is 2.14. The first kappa shape index (κ1) is 12.1. The van der Waals surface area contributed by atoms with Crippen molar-refractivity contribution in [3.8, 4) is 0 Å². The number of nitrogens with zero attached hydrogens (tertiary/aromatic N) is 2. The van der Waals surface area contributed by atoms with E-state index < -0.39 is 5.41 Å². The lowest BCUT2D eigenvalue weighted by atomic mass is 9.84. The summed E-state index contributed by atoms with van der Waals surface area (Å²) in [5, 5.41) is 7.13. The predicted octanol–water partition coefficient (Wildman–Crippen LogP) is 1.18. The number of nitrogens with two attached hydrogens (primary N) is 1. The third-order valence-electron chi connectivity index (χ3n) is 3.79. The number of rotatable bonds is 2. The summed E-state index contributed by atoms with van der Waals surface area (Å²) in [6, 6.07) is 1.82. The van der Waals surface area contributed by atoms with Crippen molar-refractivity contribution < 1.29 is 4.79 Å². The van der Waals surface area contributed by atoms with Crippen molar-refractivity contribution in [3.63, 3.8) is 0 Å². The molecule has 1 heterocycles. The number of aryl methyl sites for hydroxylation is 2. The zero-order chi connectivity index (χ0) is 12.6. The van der Waals surface area contributed by atoms with Gasteiger partial charge in [-0.3, -0.25) is 9.48 Å². The Kier molecular flexibility index (Phi) is 2.95. The molecular formula is C12H20N4O. The van der Waals surface area contributed by atoms with Gasteiger partial charge in [-0.1, -0.05) is 6.42 Å². The van der Waals surface area contributed by atoms with Crippen molar-refractivity contribution in [3.05, 3.63) is 11.8 Å². The van der Waals surface area contributed by atoms with Crippen molar-refractivity contribution in [1.82, 2.24) is 9.78 Å². The summed E-state index contributed by atoms with van der Waals surface area (Å²) < 4.78 is 1.68. The standard InChI is InChI=1S/C12H20N4O/c1-8-7-10(16(3)15-8)14-11(17)12(2)6-4-5-9(12)13/h7,9H,4-6,13H2,1-3H3,(H,14,17). The Morgan fingerprint density at radius 3 is 2.88 bits per heavy atom. The maximum atomic E-state index is 12.3. The Morgan fingerprint density at radius 1 is 1.71 bits per heavy atom. The number of carbonyl (C=O) groups is 1. The van der Waals surface area contributed by atoms with Crippen LogP contribution in [0, 0.1) is 12.3 Å². The highest BCUT2D eigenvalue weighted by Crippen LogP contribution is 2.37.